The minimum absolute atomic E-state index is 0.0404. The third kappa shape index (κ3) is 3.26. The summed E-state index contributed by atoms with van der Waals surface area (Å²) in [5.74, 6) is 0.640. The van der Waals surface area contributed by atoms with E-state index in [0.29, 0.717) is 17.3 Å². The lowest BCUT2D eigenvalue weighted by Gasteiger charge is -2.32. The Bertz CT molecular complexity index is 446. The van der Waals surface area contributed by atoms with Crippen LogP contribution < -0.4 is 5.73 Å². The Labute approximate surface area is 114 Å². The zero-order valence-electron chi connectivity index (χ0n) is 12.0. The molecule has 0 aliphatic carbocycles. The molecule has 19 heavy (non-hydrogen) atoms. The van der Waals surface area contributed by atoms with Gasteiger partial charge in [-0.05, 0) is 32.9 Å². The number of nitrogen functional groups attached to an aromatic ring is 1. The molecule has 1 aliphatic rings. The molecule has 0 unspecified atom stereocenters. The van der Waals surface area contributed by atoms with Gasteiger partial charge >= 0.3 is 0 Å². The molecule has 1 aromatic heterocycles. The highest BCUT2D eigenvalue weighted by Gasteiger charge is 2.26. The smallest absolute Gasteiger partial charge is 0.276 e. The molecular formula is C13H23N5O. The number of aromatic nitrogens is 2. The van der Waals surface area contributed by atoms with Crippen LogP contribution in [0.3, 0.4) is 0 Å². The van der Waals surface area contributed by atoms with Crippen LogP contribution >= 0.6 is 0 Å². The molecular weight excluding hydrogens is 242 g/mol. The van der Waals surface area contributed by atoms with Crippen molar-refractivity contribution in [2.75, 3.05) is 39.5 Å². The number of nitrogens with two attached hydrogens (primary N) is 1. The fourth-order valence-electron chi connectivity index (χ4n) is 2.66. The van der Waals surface area contributed by atoms with Crippen molar-refractivity contribution in [2.45, 2.75) is 12.8 Å². The number of rotatable bonds is 3. The van der Waals surface area contributed by atoms with Crippen LogP contribution in [0.25, 0.3) is 0 Å². The Morgan fingerprint density at radius 2 is 2.11 bits per heavy atom. The van der Waals surface area contributed by atoms with E-state index in [1.54, 1.807) is 17.9 Å². The van der Waals surface area contributed by atoms with E-state index < -0.39 is 0 Å². The van der Waals surface area contributed by atoms with Gasteiger partial charge in [0.25, 0.3) is 5.91 Å². The van der Waals surface area contributed by atoms with E-state index in [-0.39, 0.29) is 5.91 Å². The van der Waals surface area contributed by atoms with Gasteiger partial charge in [0.05, 0.1) is 5.69 Å². The average molecular weight is 265 g/mol. The molecule has 6 nitrogen and oxygen atoms in total. The van der Waals surface area contributed by atoms with E-state index in [2.05, 4.69) is 24.1 Å². The summed E-state index contributed by atoms with van der Waals surface area (Å²) >= 11 is 0. The molecule has 2 heterocycles. The molecule has 1 aromatic rings. The number of amides is 1. The van der Waals surface area contributed by atoms with Gasteiger partial charge < -0.3 is 15.5 Å². The summed E-state index contributed by atoms with van der Waals surface area (Å²) in [5, 5.41) is 4.14. The summed E-state index contributed by atoms with van der Waals surface area (Å²) in [7, 11) is 5.95. The quantitative estimate of drug-likeness (QED) is 0.860. The molecule has 1 amide bonds. The summed E-state index contributed by atoms with van der Waals surface area (Å²) in [6.45, 7) is 2.69. The monoisotopic (exact) mass is 265 g/mol. The standard InChI is InChI=1S/C13H23N5O/c1-16(2)8-10-4-6-18(7-5-10)13(19)12-11(14)9-17(3)15-12/h9-10H,4-8,14H2,1-3H3. The van der Waals surface area contributed by atoms with E-state index in [1.165, 1.54) is 0 Å². The fraction of sp³-hybridized carbons (Fsp3) is 0.692. The van der Waals surface area contributed by atoms with Crippen molar-refractivity contribution < 1.29 is 4.79 Å². The maximum atomic E-state index is 12.3. The minimum Gasteiger partial charge on any atom is -0.396 e. The molecule has 0 atom stereocenters. The Morgan fingerprint density at radius 3 is 2.58 bits per heavy atom. The molecule has 0 saturated carbocycles. The summed E-state index contributed by atoms with van der Waals surface area (Å²) in [6, 6.07) is 0. The number of carbonyl (C=O) groups excluding carboxylic acids is 1. The Kier molecular flexibility index (Phi) is 4.09. The van der Waals surface area contributed by atoms with Crippen LogP contribution in [0.1, 0.15) is 23.3 Å². The van der Waals surface area contributed by atoms with Crippen molar-refractivity contribution in [3.8, 4) is 0 Å². The van der Waals surface area contributed by atoms with Gasteiger partial charge in [-0.15, -0.1) is 0 Å². The number of hydrogen-bond acceptors (Lipinski definition) is 4. The van der Waals surface area contributed by atoms with Crippen molar-refractivity contribution in [1.82, 2.24) is 19.6 Å². The maximum absolute atomic E-state index is 12.3. The molecule has 0 aromatic carbocycles. The molecule has 1 aliphatic heterocycles. The highest BCUT2D eigenvalue weighted by molar-refractivity contribution is 5.97. The first-order valence-electron chi connectivity index (χ1n) is 6.70. The van der Waals surface area contributed by atoms with Crippen molar-refractivity contribution >= 4 is 11.6 Å². The maximum Gasteiger partial charge on any atom is 0.276 e. The number of anilines is 1. The number of carbonyl (C=O) groups is 1. The number of likely N-dealkylation sites (tertiary alicyclic amines) is 1. The van der Waals surface area contributed by atoms with Crippen LogP contribution in [-0.2, 0) is 7.05 Å². The van der Waals surface area contributed by atoms with E-state index in [4.69, 9.17) is 5.73 Å². The number of piperidine rings is 1. The first-order valence-corrected chi connectivity index (χ1v) is 6.70. The summed E-state index contributed by atoms with van der Waals surface area (Å²) in [4.78, 5) is 16.4. The van der Waals surface area contributed by atoms with Crippen LogP contribution in [0.2, 0.25) is 0 Å². The normalized spacial score (nSPS) is 17.2. The molecule has 106 valence electrons. The van der Waals surface area contributed by atoms with E-state index >= 15 is 0 Å². The fourth-order valence-corrected chi connectivity index (χ4v) is 2.66. The first kappa shape index (κ1) is 13.9. The summed E-state index contributed by atoms with van der Waals surface area (Å²) in [6.07, 6.45) is 3.78. The van der Waals surface area contributed by atoms with Crippen molar-refractivity contribution in [2.24, 2.45) is 13.0 Å². The van der Waals surface area contributed by atoms with E-state index in [1.807, 2.05) is 4.90 Å². The van der Waals surface area contributed by atoms with Gasteiger partial charge in [-0.2, -0.15) is 5.10 Å². The SMILES string of the molecule is CN(C)CC1CCN(C(=O)c2nn(C)cc2N)CC1. The largest absolute Gasteiger partial charge is 0.396 e. The molecule has 0 bridgehead atoms. The Morgan fingerprint density at radius 1 is 1.47 bits per heavy atom. The van der Waals surface area contributed by atoms with Gasteiger partial charge in [-0.3, -0.25) is 9.48 Å². The minimum atomic E-state index is -0.0404. The predicted molar refractivity (Wildman–Crippen MR) is 74.8 cm³/mol. The van der Waals surface area contributed by atoms with Crippen LogP contribution in [-0.4, -0.2) is 59.2 Å². The molecule has 2 N–H and O–H groups in total. The second-order valence-electron chi connectivity index (χ2n) is 5.60. The van der Waals surface area contributed by atoms with Gasteiger partial charge in [0.15, 0.2) is 5.69 Å². The highest BCUT2D eigenvalue weighted by atomic mass is 16.2. The first-order chi connectivity index (χ1) is 8.97. The van der Waals surface area contributed by atoms with Gasteiger partial charge in [-0.1, -0.05) is 0 Å². The van der Waals surface area contributed by atoms with E-state index in [0.717, 1.165) is 32.5 Å². The Balaban J connectivity index is 1.94. The van der Waals surface area contributed by atoms with Crippen LogP contribution in [0, 0.1) is 5.92 Å². The second-order valence-corrected chi connectivity index (χ2v) is 5.60. The highest BCUT2D eigenvalue weighted by Crippen LogP contribution is 2.20. The number of hydrogen-bond donors (Lipinski definition) is 1. The average Bonchev–Trinajstić information content (AvgIpc) is 2.68. The Hall–Kier alpha value is -1.56. The number of nitrogens with zero attached hydrogens (tertiary/aromatic N) is 4. The lowest BCUT2D eigenvalue weighted by molar-refractivity contribution is 0.0672. The molecule has 1 saturated heterocycles. The lowest BCUT2D eigenvalue weighted by atomic mass is 9.96. The van der Waals surface area contributed by atoms with Crippen molar-refractivity contribution in [1.29, 1.82) is 0 Å². The van der Waals surface area contributed by atoms with Gasteiger partial charge in [0.1, 0.15) is 0 Å². The zero-order valence-corrected chi connectivity index (χ0v) is 12.0. The summed E-state index contributed by atoms with van der Waals surface area (Å²) in [5.41, 5.74) is 6.65. The van der Waals surface area contributed by atoms with Gasteiger partial charge in [-0.25, -0.2) is 0 Å². The van der Waals surface area contributed by atoms with Crippen molar-refractivity contribution in [3.63, 3.8) is 0 Å². The van der Waals surface area contributed by atoms with Crippen LogP contribution in [0.15, 0.2) is 6.20 Å². The van der Waals surface area contributed by atoms with Crippen molar-refractivity contribution in [3.05, 3.63) is 11.9 Å². The molecule has 6 heteroatoms. The second kappa shape index (κ2) is 5.61. The molecule has 2 rings (SSSR count). The molecule has 0 radical (unpaired) electrons. The van der Waals surface area contributed by atoms with Gasteiger partial charge in [0.2, 0.25) is 0 Å². The topological polar surface area (TPSA) is 67.4 Å². The lowest BCUT2D eigenvalue weighted by Crippen LogP contribution is -2.41. The third-order valence-corrected chi connectivity index (χ3v) is 3.58. The van der Waals surface area contributed by atoms with Crippen LogP contribution in [0.5, 0.6) is 0 Å². The van der Waals surface area contributed by atoms with Gasteiger partial charge in [0, 0.05) is 32.9 Å². The third-order valence-electron chi connectivity index (χ3n) is 3.58. The molecule has 0 spiro atoms. The molecule has 1 fully saturated rings. The summed E-state index contributed by atoms with van der Waals surface area (Å²) < 4.78 is 1.58. The van der Waals surface area contributed by atoms with E-state index in [9.17, 15) is 4.79 Å². The van der Waals surface area contributed by atoms with Crippen LogP contribution in [0.4, 0.5) is 5.69 Å². The zero-order chi connectivity index (χ0) is 14.0. The predicted octanol–water partition coefficient (Wildman–Crippen LogP) is 0.416. The number of aryl methyl sites for hydroxylation is 1.